The molecule has 1 fully saturated rings. The smallest absolute Gasteiger partial charge is 0.297 e. The maximum Gasteiger partial charge on any atom is 0.297 e. The Morgan fingerprint density at radius 1 is 1.05 bits per heavy atom. The molecule has 2 aromatic carbocycles. The van der Waals surface area contributed by atoms with Crippen molar-refractivity contribution in [3.63, 3.8) is 0 Å². The van der Waals surface area contributed by atoms with Crippen LogP contribution in [-0.2, 0) is 25.7 Å². The molecule has 0 heterocycles. The Bertz CT molecular complexity index is 1330. The van der Waals surface area contributed by atoms with Crippen molar-refractivity contribution in [2.24, 2.45) is 0 Å². The molecule has 2 N–H and O–H groups in total. The third-order valence-corrected chi connectivity index (χ3v) is 7.94. The summed E-state index contributed by atoms with van der Waals surface area (Å²) in [6, 6.07) is 17.7. The number of amides is 3. The Balaban J connectivity index is 1.55. The second-order valence-electron chi connectivity index (χ2n) is 11.2. The van der Waals surface area contributed by atoms with Crippen molar-refractivity contribution in [2.45, 2.75) is 83.7 Å². The number of allylic oxidation sites excluding steroid dienone is 3. The molecule has 1 aliphatic rings. The molecular weight excluding hydrogens is 550 g/mol. The number of anilines is 1. The first kappa shape index (κ1) is 34.1. The number of carbonyl (C=O) groups is 3. The van der Waals surface area contributed by atoms with E-state index in [1.54, 1.807) is 12.2 Å². The van der Waals surface area contributed by atoms with E-state index in [2.05, 4.69) is 35.1 Å². The summed E-state index contributed by atoms with van der Waals surface area (Å²) in [4.78, 5) is 40.5. The van der Waals surface area contributed by atoms with E-state index in [1.165, 1.54) is 13.5 Å². The lowest BCUT2D eigenvalue weighted by atomic mass is 9.87. The van der Waals surface area contributed by atoms with Crippen molar-refractivity contribution in [1.29, 1.82) is 0 Å². The summed E-state index contributed by atoms with van der Waals surface area (Å²) in [5.41, 5.74) is 6.86. The highest BCUT2D eigenvalue weighted by molar-refractivity contribution is 5.94. The van der Waals surface area contributed by atoms with E-state index >= 15 is 0 Å². The van der Waals surface area contributed by atoms with Crippen molar-refractivity contribution in [3.8, 4) is 0 Å². The third-order valence-electron chi connectivity index (χ3n) is 7.94. The summed E-state index contributed by atoms with van der Waals surface area (Å²) in [5, 5.41) is 5.59. The molecular formula is C37H47N3O4. The fraction of sp³-hybridized carbons (Fsp3) is 0.405. The molecule has 1 aliphatic carbocycles. The lowest BCUT2D eigenvalue weighted by molar-refractivity contribution is -0.134. The quantitative estimate of drug-likeness (QED) is 0.0984. The molecule has 1 atom stereocenters. The fourth-order valence-corrected chi connectivity index (χ4v) is 5.58. The minimum absolute atomic E-state index is 0.0986. The molecule has 2 aromatic rings. The predicted molar refractivity (Wildman–Crippen MR) is 177 cm³/mol. The van der Waals surface area contributed by atoms with Gasteiger partial charge in [0.25, 0.3) is 5.91 Å². The zero-order valence-corrected chi connectivity index (χ0v) is 26.4. The van der Waals surface area contributed by atoms with Crippen LogP contribution < -0.4 is 10.6 Å². The molecule has 0 bridgehead atoms. The van der Waals surface area contributed by atoms with Crippen LogP contribution in [0.5, 0.6) is 0 Å². The number of carbonyl (C=O) groups excluding carboxylic acids is 3. The third kappa shape index (κ3) is 10.7. The lowest BCUT2D eigenvalue weighted by Crippen LogP contribution is -2.41. The zero-order chi connectivity index (χ0) is 31.7. The number of hydrogen-bond acceptors (Lipinski definition) is 4. The molecule has 44 heavy (non-hydrogen) atoms. The molecule has 0 saturated heterocycles. The summed E-state index contributed by atoms with van der Waals surface area (Å²) in [6.45, 7) is 8.16. The van der Waals surface area contributed by atoms with Gasteiger partial charge in [-0.3, -0.25) is 14.4 Å². The molecule has 0 aromatic heterocycles. The number of methoxy groups -OCH3 is 1. The number of rotatable bonds is 15. The summed E-state index contributed by atoms with van der Waals surface area (Å²) in [7, 11) is 1.51. The van der Waals surface area contributed by atoms with Gasteiger partial charge in [0.05, 0.1) is 13.7 Å². The second kappa shape index (κ2) is 18.3. The van der Waals surface area contributed by atoms with Gasteiger partial charge in [-0.1, -0.05) is 98.7 Å². The number of ether oxygens (including phenoxy) is 1. The molecule has 0 radical (unpaired) electrons. The molecule has 3 rings (SSSR count). The SMILES string of the molecule is C=C/C=C(\C)C(CCC(=O)NCC(=O)Nc1ccc(CN(C(=O)C(=C=CCC)OC)C2CCCCC2)cc1)c1ccccc1. The molecule has 1 unspecified atom stereocenters. The Morgan fingerprint density at radius 2 is 1.75 bits per heavy atom. The van der Waals surface area contributed by atoms with Gasteiger partial charge in [-0.05, 0) is 61.9 Å². The van der Waals surface area contributed by atoms with Crippen LogP contribution in [-0.4, -0.2) is 42.3 Å². The summed E-state index contributed by atoms with van der Waals surface area (Å²) in [6.07, 6.45) is 12.6. The first-order valence-electron chi connectivity index (χ1n) is 15.7. The second-order valence-corrected chi connectivity index (χ2v) is 11.2. The summed E-state index contributed by atoms with van der Waals surface area (Å²) >= 11 is 0. The number of benzene rings is 2. The maximum absolute atomic E-state index is 13.4. The maximum atomic E-state index is 13.4. The van der Waals surface area contributed by atoms with Crippen LogP contribution in [0, 0.1) is 0 Å². The van der Waals surface area contributed by atoms with Gasteiger partial charge in [0, 0.05) is 30.6 Å². The Hall–Kier alpha value is -4.35. The van der Waals surface area contributed by atoms with Gasteiger partial charge in [-0.25, -0.2) is 0 Å². The zero-order valence-electron chi connectivity index (χ0n) is 26.4. The Kier molecular flexibility index (Phi) is 14.2. The first-order valence-corrected chi connectivity index (χ1v) is 15.7. The van der Waals surface area contributed by atoms with Crippen molar-refractivity contribution >= 4 is 23.4 Å². The summed E-state index contributed by atoms with van der Waals surface area (Å²) < 4.78 is 5.39. The van der Waals surface area contributed by atoms with E-state index in [1.807, 2.05) is 67.3 Å². The van der Waals surface area contributed by atoms with Gasteiger partial charge in [0.15, 0.2) is 0 Å². The fourth-order valence-electron chi connectivity index (χ4n) is 5.58. The van der Waals surface area contributed by atoms with Gasteiger partial charge < -0.3 is 20.3 Å². The van der Waals surface area contributed by atoms with Gasteiger partial charge in [-0.15, -0.1) is 0 Å². The predicted octanol–water partition coefficient (Wildman–Crippen LogP) is 7.19. The average molecular weight is 598 g/mol. The van der Waals surface area contributed by atoms with Crippen molar-refractivity contribution < 1.29 is 19.1 Å². The normalized spacial score (nSPS) is 14.0. The minimum atomic E-state index is -0.301. The highest BCUT2D eigenvalue weighted by atomic mass is 16.5. The highest BCUT2D eigenvalue weighted by Crippen LogP contribution is 2.29. The molecule has 3 amide bonds. The van der Waals surface area contributed by atoms with Crippen LogP contribution >= 0.6 is 0 Å². The highest BCUT2D eigenvalue weighted by Gasteiger charge is 2.28. The van der Waals surface area contributed by atoms with Crippen LogP contribution in [0.2, 0.25) is 0 Å². The molecule has 7 heteroatoms. The Morgan fingerprint density at radius 3 is 2.39 bits per heavy atom. The van der Waals surface area contributed by atoms with E-state index in [-0.39, 0.29) is 42.0 Å². The van der Waals surface area contributed by atoms with Crippen LogP contribution in [0.1, 0.15) is 82.3 Å². The number of nitrogens with zero attached hydrogens (tertiary/aromatic N) is 1. The molecule has 7 nitrogen and oxygen atoms in total. The van der Waals surface area contributed by atoms with Gasteiger partial charge in [0.1, 0.15) is 0 Å². The molecule has 0 spiro atoms. The molecule has 1 saturated carbocycles. The van der Waals surface area contributed by atoms with E-state index in [4.69, 9.17) is 4.74 Å². The average Bonchev–Trinajstić information content (AvgIpc) is 3.05. The summed E-state index contributed by atoms with van der Waals surface area (Å²) in [5.74, 6) is -0.304. The van der Waals surface area contributed by atoms with E-state index in [0.717, 1.165) is 48.8 Å². The standard InChI is InChI=1S/C37H47N3O4/c1-5-7-19-34(44-4)37(43)40(32-17-12-9-13-18-32)27-29-20-22-31(23-21-29)39-36(42)26-38-35(41)25-24-33(28(3)14-6-2)30-15-10-8-11-16-30/h6-8,10-11,14-16,20-23,32-33H,2,5,9,12-13,17-18,24-27H2,1,3-4H3,(H,38,41)(H,39,42)/b28-14+. The molecule has 234 valence electrons. The van der Waals surface area contributed by atoms with Crippen molar-refractivity contribution in [1.82, 2.24) is 10.2 Å². The van der Waals surface area contributed by atoms with Crippen LogP contribution in [0.4, 0.5) is 5.69 Å². The van der Waals surface area contributed by atoms with Crippen molar-refractivity contribution in [3.05, 3.63) is 108 Å². The number of hydrogen-bond donors (Lipinski definition) is 2. The van der Waals surface area contributed by atoms with Crippen LogP contribution in [0.25, 0.3) is 0 Å². The van der Waals surface area contributed by atoms with Gasteiger partial charge in [0.2, 0.25) is 17.6 Å². The van der Waals surface area contributed by atoms with Crippen LogP contribution in [0.3, 0.4) is 0 Å². The lowest BCUT2D eigenvalue weighted by Gasteiger charge is -2.34. The minimum Gasteiger partial charge on any atom is -0.485 e. The number of nitrogens with one attached hydrogen (secondary N) is 2. The van der Waals surface area contributed by atoms with Crippen molar-refractivity contribution in [2.75, 3.05) is 19.0 Å². The first-order chi connectivity index (χ1) is 21.4. The largest absolute Gasteiger partial charge is 0.485 e. The monoisotopic (exact) mass is 597 g/mol. The van der Waals surface area contributed by atoms with Gasteiger partial charge >= 0.3 is 0 Å². The van der Waals surface area contributed by atoms with E-state index in [9.17, 15) is 14.4 Å². The van der Waals surface area contributed by atoms with E-state index < -0.39 is 0 Å². The Labute approximate surface area is 262 Å². The van der Waals surface area contributed by atoms with E-state index in [0.29, 0.717) is 25.1 Å². The topological polar surface area (TPSA) is 87.7 Å². The van der Waals surface area contributed by atoms with Gasteiger partial charge in [-0.2, -0.15) is 0 Å². The van der Waals surface area contributed by atoms with Crippen LogP contribution in [0.15, 0.2) is 96.5 Å². The molecule has 0 aliphatic heterocycles.